The fourth-order valence-corrected chi connectivity index (χ4v) is 2.69. The van der Waals surface area contributed by atoms with Crippen LogP contribution in [0, 0.1) is 10.1 Å². The van der Waals surface area contributed by atoms with Gasteiger partial charge in [0.1, 0.15) is 11.4 Å². The van der Waals surface area contributed by atoms with Gasteiger partial charge >= 0.3 is 5.97 Å². The summed E-state index contributed by atoms with van der Waals surface area (Å²) in [7, 11) is 2.98. The van der Waals surface area contributed by atoms with Gasteiger partial charge in [0.05, 0.1) is 12.0 Å². The summed E-state index contributed by atoms with van der Waals surface area (Å²) in [4.78, 5) is 28.3. The van der Waals surface area contributed by atoms with E-state index in [0.717, 1.165) is 0 Å². The summed E-state index contributed by atoms with van der Waals surface area (Å²) in [6.45, 7) is 3.99. The predicted octanol–water partition coefficient (Wildman–Crippen LogP) is 2.86. The molecule has 0 spiro atoms. The van der Waals surface area contributed by atoms with Crippen molar-refractivity contribution in [1.82, 2.24) is 4.98 Å². The number of fused-ring (bicyclic) bond motifs is 3. The van der Waals surface area contributed by atoms with Crippen LogP contribution >= 0.6 is 0 Å². The number of nitrogens with zero attached hydrogens (tertiary/aromatic N) is 3. The summed E-state index contributed by atoms with van der Waals surface area (Å²) >= 11 is 0. The first kappa shape index (κ1) is 14.7. The third-order valence-corrected chi connectivity index (χ3v) is 3.85. The molecule has 116 valence electrons. The lowest BCUT2D eigenvalue weighted by atomic mass is 9.92. The van der Waals surface area contributed by atoms with Gasteiger partial charge in [-0.3, -0.25) is 10.1 Å². The number of pyridine rings is 1. The minimum absolute atomic E-state index is 0.00570. The molecular formula is C16H13N3O4. The van der Waals surface area contributed by atoms with Gasteiger partial charge in [0.15, 0.2) is 0 Å². The number of para-hydroxylation sites is 1. The highest BCUT2D eigenvalue weighted by atomic mass is 16.6. The van der Waals surface area contributed by atoms with E-state index < -0.39 is 10.9 Å². The van der Waals surface area contributed by atoms with Crippen LogP contribution in [0.4, 0.5) is 11.4 Å². The highest BCUT2D eigenvalue weighted by Crippen LogP contribution is 2.46. The first-order valence-electron chi connectivity index (χ1n) is 6.75. The summed E-state index contributed by atoms with van der Waals surface area (Å²) in [6, 6.07) is 6.44. The topological polar surface area (TPSA) is 85.6 Å². The van der Waals surface area contributed by atoms with Crippen LogP contribution in [0.1, 0.15) is 16.1 Å². The van der Waals surface area contributed by atoms with Gasteiger partial charge in [-0.1, -0.05) is 18.7 Å². The minimum Gasteiger partial charge on any atom is -0.464 e. The van der Waals surface area contributed by atoms with E-state index in [2.05, 4.69) is 16.3 Å². The van der Waals surface area contributed by atoms with Crippen LogP contribution in [-0.2, 0) is 4.74 Å². The predicted molar refractivity (Wildman–Crippen MR) is 85.1 cm³/mol. The lowest BCUT2D eigenvalue weighted by molar-refractivity contribution is -0.384. The molecule has 1 aromatic heterocycles. The Kier molecular flexibility index (Phi) is 3.33. The molecule has 0 amide bonds. The number of nitro groups is 1. The van der Waals surface area contributed by atoms with Crippen molar-refractivity contribution in [3.63, 3.8) is 0 Å². The molecule has 0 aliphatic carbocycles. The molecule has 1 aromatic carbocycles. The van der Waals surface area contributed by atoms with Crippen LogP contribution in [0.15, 0.2) is 37.0 Å². The fourth-order valence-electron chi connectivity index (χ4n) is 2.69. The van der Waals surface area contributed by atoms with E-state index in [1.54, 1.807) is 30.1 Å². The molecule has 0 saturated carbocycles. The molecule has 7 nitrogen and oxygen atoms in total. The van der Waals surface area contributed by atoms with Crippen molar-refractivity contribution in [2.24, 2.45) is 0 Å². The zero-order chi connectivity index (χ0) is 16.7. The summed E-state index contributed by atoms with van der Waals surface area (Å²) in [5.74, 6) is -0.548. The molecule has 0 bridgehead atoms. The van der Waals surface area contributed by atoms with Gasteiger partial charge in [0.25, 0.3) is 5.69 Å². The van der Waals surface area contributed by atoms with E-state index in [4.69, 9.17) is 0 Å². The summed E-state index contributed by atoms with van der Waals surface area (Å²) in [5, 5.41) is 11.3. The molecule has 2 aromatic rings. The molecule has 7 heteroatoms. The molecule has 1 aliphatic heterocycles. The Labute approximate surface area is 132 Å². The zero-order valence-electron chi connectivity index (χ0n) is 12.6. The van der Waals surface area contributed by atoms with Crippen LogP contribution in [0.5, 0.6) is 0 Å². The van der Waals surface area contributed by atoms with Crippen molar-refractivity contribution in [3.05, 3.63) is 58.4 Å². The Morgan fingerprint density at radius 1 is 1.35 bits per heavy atom. The van der Waals surface area contributed by atoms with E-state index in [-0.39, 0.29) is 11.4 Å². The standard InChI is InChI=1S/C16H13N3O4/c1-9-11-7-13(16(20)23-3)17-8-12(11)10-5-4-6-14(19(21)22)15(10)18(9)2/h4-8H,1H2,2-3H3. The number of anilines is 1. The highest BCUT2D eigenvalue weighted by molar-refractivity contribution is 6.02. The molecule has 23 heavy (non-hydrogen) atoms. The van der Waals surface area contributed by atoms with Gasteiger partial charge < -0.3 is 9.64 Å². The summed E-state index contributed by atoms with van der Waals surface area (Å²) in [5.41, 5.74) is 3.23. The molecule has 1 aliphatic rings. The number of esters is 1. The SMILES string of the molecule is C=C1c2cc(C(=O)OC)ncc2-c2cccc([N+](=O)[O-])c2N1C. The Bertz CT molecular complexity index is 860. The Morgan fingerprint density at radius 3 is 2.74 bits per heavy atom. The van der Waals surface area contributed by atoms with Crippen molar-refractivity contribution in [2.75, 3.05) is 19.1 Å². The summed E-state index contributed by atoms with van der Waals surface area (Å²) in [6.07, 6.45) is 1.52. The van der Waals surface area contributed by atoms with Crippen LogP contribution in [0.3, 0.4) is 0 Å². The largest absolute Gasteiger partial charge is 0.464 e. The third kappa shape index (κ3) is 2.13. The van der Waals surface area contributed by atoms with Gasteiger partial charge in [0.2, 0.25) is 0 Å². The first-order valence-corrected chi connectivity index (χ1v) is 6.75. The second-order valence-corrected chi connectivity index (χ2v) is 5.04. The lowest BCUT2D eigenvalue weighted by Crippen LogP contribution is -2.22. The van der Waals surface area contributed by atoms with E-state index in [1.165, 1.54) is 19.4 Å². The van der Waals surface area contributed by atoms with E-state index in [0.29, 0.717) is 28.1 Å². The maximum Gasteiger partial charge on any atom is 0.356 e. The third-order valence-electron chi connectivity index (χ3n) is 3.85. The maximum absolute atomic E-state index is 11.7. The van der Waals surface area contributed by atoms with Gasteiger partial charge in [-0.05, 0) is 6.07 Å². The summed E-state index contributed by atoms with van der Waals surface area (Å²) < 4.78 is 4.68. The Hall–Kier alpha value is -3.22. The van der Waals surface area contributed by atoms with E-state index in [9.17, 15) is 14.9 Å². The number of ether oxygens (including phenoxy) is 1. The molecule has 0 atom stereocenters. The van der Waals surface area contributed by atoms with Crippen LogP contribution in [0.2, 0.25) is 0 Å². The fraction of sp³-hybridized carbons (Fsp3) is 0.125. The number of aromatic nitrogens is 1. The van der Waals surface area contributed by atoms with Gasteiger partial charge in [-0.15, -0.1) is 0 Å². The monoisotopic (exact) mass is 311 g/mol. The number of methoxy groups -OCH3 is 1. The molecule has 2 heterocycles. The van der Waals surface area contributed by atoms with Crippen molar-refractivity contribution in [3.8, 4) is 11.1 Å². The number of hydrogen-bond donors (Lipinski definition) is 0. The quantitative estimate of drug-likeness (QED) is 0.481. The average Bonchev–Trinajstić information content (AvgIpc) is 2.57. The highest BCUT2D eigenvalue weighted by Gasteiger charge is 2.30. The van der Waals surface area contributed by atoms with Crippen molar-refractivity contribution in [2.45, 2.75) is 0 Å². The number of hydrogen-bond acceptors (Lipinski definition) is 6. The lowest BCUT2D eigenvalue weighted by Gasteiger charge is -2.30. The normalized spacial score (nSPS) is 12.4. The molecule has 3 rings (SSSR count). The number of benzene rings is 1. The van der Waals surface area contributed by atoms with E-state index >= 15 is 0 Å². The maximum atomic E-state index is 11.7. The molecule has 0 N–H and O–H groups in total. The van der Waals surface area contributed by atoms with Crippen molar-refractivity contribution >= 4 is 23.0 Å². The molecule has 0 radical (unpaired) electrons. The minimum atomic E-state index is -0.548. The average molecular weight is 311 g/mol. The number of carbonyl (C=O) groups is 1. The Balaban J connectivity index is 2.28. The van der Waals surface area contributed by atoms with Crippen molar-refractivity contribution < 1.29 is 14.5 Å². The number of carbonyl (C=O) groups excluding carboxylic acids is 1. The number of nitro benzene ring substituents is 1. The van der Waals surface area contributed by atoms with Gasteiger partial charge in [-0.25, -0.2) is 9.78 Å². The number of rotatable bonds is 2. The second-order valence-electron chi connectivity index (χ2n) is 5.04. The molecule has 0 fully saturated rings. The van der Waals surface area contributed by atoms with Gasteiger partial charge in [0, 0.05) is 41.7 Å². The molecular weight excluding hydrogens is 298 g/mol. The molecule has 0 saturated heterocycles. The van der Waals surface area contributed by atoms with Crippen LogP contribution in [0.25, 0.3) is 16.8 Å². The molecule has 0 unspecified atom stereocenters. The Morgan fingerprint density at radius 2 is 2.09 bits per heavy atom. The smallest absolute Gasteiger partial charge is 0.356 e. The first-order chi connectivity index (χ1) is 11.0. The zero-order valence-corrected chi connectivity index (χ0v) is 12.6. The second kappa shape index (κ2) is 5.20. The van der Waals surface area contributed by atoms with Crippen molar-refractivity contribution in [1.29, 1.82) is 0 Å². The van der Waals surface area contributed by atoms with Gasteiger partial charge in [-0.2, -0.15) is 0 Å². The van der Waals surface area contributed by atoms with E-state index in [1.807, 2.05) is 0 Å². The van der Waals surface area contributed by atoms with Crippen LogP contribution < -0.4 is 4.90 Å². The van der Waals surface area contributed by atoms with Crippen LogP contribution in [-0.4, -0.2) is 30.0 Å².